The number of hydrogen-bond donors (Lipinski definition) is 1. The van der Waals surface area contributed by atoms with Crippen molar-refractivity contribution in [3.05, 3.63) is 0 Å². The van der Waals surface area contributed by atoms with Crippen LogP contribution in [0, 0.1) is 17.8 Å². The van der Waals surface area contributed by atoms with Gasteiger partial charge < -0.3 is 5.11 Å². The highest BCUT2D eigenvalue weighted by atomic mass is 16.3. The van der Waals surface area contributed by atoms with E-state index in [1.807, 2.05) is 0 Å². The normalized spacial score (nSPS) is 39.9. The fourth-order valence-electron chi connectivity index (χ4n) is 3.29. The molecule has 0 aromatic heterocycles. The molecule has 2 aliphatic rings. The van der Waals surface area contributed by atoms with Crippen molar-refractivity contribution < 1.29 is 5.11 Å². The predicted octanol–water partition coefficient (Wildman–Crippen LogP) is 3.36. The van der Waals surface area contributed by atoms with Crippen LogP contribution in [0.3, 0.4) is 0 Å². The van der Waals surface area contributed by atoms with E-state index in [-0.39, 0.29) is 5.60 Å². The predicted molar refractivity (Wildman–Crippen MR) is 59.1 cm³/mol. The maximum atomic E-state index is 10.5. The van der Waals surface area contributed by atoms with Crippen LogP contribution in [0.15, 0.2) is 0 Å². The van der Waals surface area contributed by atoms with E-state index >= 15 is 0 Å². The average Bonchev–Trinajstić information content (AvgIpc) is 2.14. The highest BCUT2D eigenvalue weighted by Gasteiger charge is 2.48. The van der Waals surface area contributed by atoms with Gasteiger partial charge in [-0.1, -0.05) is 33.1 Å². The van der Waals surface area contributed by atoms with Crippen molar-refractivity contribution in [2.75, 3.05) is 0 Å². The van der Waals surface area contributed by atoms with Gasteiger partial charge in [0.15, 0.2) is 0 Å². The third-order valence-electron chi connectivity index (χ3n) is 4.54. The first-order valence-electron chi connectivity index (χ1n) is 6.34. The first-order chi connectivity index (χ1) is 6.62. The Bertz CT molecular complexity index is 185. The molecule has 0 aromatic rings. The summed E-state index contributed by atoms with van der Waals surface area (Å²) in [6.45, 7) is 4.57. The maximum Gasteiger partial charge on any atom is 0.0681 e. The van der Waals surface area contributed by atoms with Crippen LogP contribution in [0.2, 0.25) is 0 Å². The summed E-state index contributed by atoms with van der Waals surface area (Å²) in [6, 6.07) is 0. The Hall–Kier alpha value is -0.0400. The van der Waals surface area contributed by atoms with Crippen LogP contribution in [0.25, 0.3) is 0 Å². The zero-order chi connectivity index (χ0) is 10.2. The summed E-state index contributed by atoms with van der Waals surface area (Å²) in [5.41, 5.74) is -0.255. The second kappa shape index (κ2) is 3.84. The highest BCUT2D eigenvalue weighted by molar-refractivity contribution is 5.00. The van der Waals surface area contributed by atoms with Gasteiger partial charge in [0, 0.05) is 0 Å². The first kappa shape index (κ1) is 10.5. The molecule has 1 nitrogen and oxygen atoms in total. The molecule has 1 N–H and O–H groups in total. The molecule has 0 heterocycles. The molecule has 0 atom stereocenters. The molecule has 2 aliphatic carbocycles. The Morgan fingerprint density at radius 1 is 1.07 bits per heavy atom. The smallest absolute Gasteiger partial charge is 0.0681 e. The van der Waals surface area contributed by atoms with E-state index < -0.39 is 0 Å². The Labute approximate surface area is 87.9 Å². The molecule has 0 bridgehead atoms. The van der Waals surface area contributed by atoms with Gasteiger partial charge >= 0.3 is 0 Å². The van der Waals surface area contributed by atoms with E-state index in [1.165, 1.54) is 32.1 Å². The zero-order valence-corrected chi connectivity index (χ0v) is 9.63. The van der Waals surface area contributed by atoms with E-state index in [9.17, 15) is 5.11 Å². The monoisotopic (exact) mass is 196 g/mol. The third-order valence-corrected chi connectivity index (χ3v) is 4.54. The van der Waals surface area contributed by atoms with Crippen LogP contribution in [-0.4, -0.2) is 10.7 Å². The molecule has 0 radical (unpaired) electrons. The standard InChI is InChI=1S/C13H24O/c1-10(2)11-8-13(14,9-11)12-6-4-3-5-7-12/h10-12,14H,3-9H2,1-2H3. The van der Waals surface area contributed by atoms with Gasteiger partial charge in [0.2, 0.25) is 0 Å². The Morgan fingerprint density at radius 2 is 1.64 bits per heavy atom. The highest BCUT2D eigenvalue weighted by Crippen LogP contribution is 2.50. The summed E-state index contributed by atoms with van der Waals surface area (Å²) in [5.74, 6) is 2.19. The molecule has 2 fully saturated rings. The van der Waals surface area contributed by atoms with Gasteiger partial charge in [-0.15, -0.1) is 0 Å². The van der Waals surface area contributed by atoms with E-state index in [2.05, 4.69) is 13.8 Å². The lowest BCUT2D eigenvalue weighted by Crippen LogP contribution is -2.51. The fraction of sp³-hybridized carbons (Fsp3) is 1.00. The molecule has 1 heteroatoms. The van der Waals surface area contributed by atoms with Crippen molar-refractivity contribution in [1.29, 1.82) is 0 Å². The molecule has 82 valence electrons. The molecule has 0 aliphatic heterocycles. The van der Waals surface area contributed by atoms with Crippen LogP contribution in [-0.2, 0) is 0 Å². The summed E-state index contributed by atoms with van der Waals surface area (Å²) in [6.07, 6.45) is 8.80. The molecular weight excluding hydrogens is 172 g/mol. The van der Waals surface area contributed by atoms with E-state index in [1.54, 1.807) is 0 Å². The van der Waals surface area contributed by atoms with Crippen molar-refractivity contribution in [2.45, 2.75) is 64.4 Å². The van der Waals surface area contributed by atoms with Crippen molar-refractivity contribution in [2.24, 2.45) is 17.8 Å². The van der Waals surface area contributed by atoms with Crippen molar-refractivity contribution >= 4 is 0 Å². The lowest BCUT2D eigenvalue weighted by atomic mass is 9.58. The molecule has 2 rings (SSSR count). The number of rotatable bonds is 2. The molecular formula is C13H24O. The Kier molecular flexibility index (Phi) is 2.88. The summed E-state index contributed by atoms with van der Waals surface area (Å²) in [4.78, 5) is 0. The van der Waals surface area contributed by atoms with Crippen LogP contribution < -0.4 is 0 Å². The number of aliphatic hydroxyl groups is 1. The summed E-state index contributed by atoms with van der Waals surface area (Å²) in [5, 5.41) is 10.5. The molecule has 0 saturated heterocycles. The first-order valence-corrected chi connectivity index (χ1v) is 6.34. The second-order valence-electron chi connectivity index (χ2n) is 5.85. The van der Waals surface area contributed by atoms with Gasteiger partial charge in [0.1, 0.15) is 0 Å². The number of hydrogen-bond acceptors (Lipinski definition) is 1. The minimum atomic E-state index is -0.255. The van der Waals surface area contributed by atoms with Crippen LogP contribution in [0.1, 0.15) is 58.8 Å². The summed E-state index contributed by atoms with van der Waals surface area (Å²) >= 11 is 0. The van der Waals surface area contributed by atoms with Gasteiger partial charge in [-0.25, -0.2) is 0 Å². The van der Waals surface area contributed by atoms with Gasteiger partial charge in [-0.3, -0.25) is 0 Å². The SMILES string of the molecule is CC(C)C1CC(O)(C2CCCCC2)C1. The molecule has 0 unspecified atom stereocenters. The maximum absolute atomic E-state index is 10.5. The van der Waals surface area contributed by atoms with Crippen molar-refractivity contribution in [3.8, 4) is 0 Å². The largest absolute Gasteiger partial charge is 0.390 e. The molecule has 0 aromatic carbocycles. The molecule has 0 amide bonds. The van der Waals surface area contributed by atoms with E-state index in [4.69, 9.17) is 0 Å². The van der Waals surface area contributed by atoms with Gasteiger partial charge in [-0.2, -0.15) is 0 Å². The lowest BCUT2D eigenvalue weighted by Gasteiger charge is -2.51. The fourth-order valence-corrected chi connectivity index (χ4v) is 3.29. The lowest BCUT2D eigenvalue weighted by molar-refractivity contribution is -0.136. The van der Waals surface area contributed by atoms with Crippen LogP contribution >= 0.6 is 0 Å². The quantitative estimate of drug-likeness (QED) is 0.718. The van der Waals surface area contributed by atoms with Gasteiger partial charge in [0.05, 0.1) is 5.60 Å². The minimum Gasteiger partial charge on any atom is -0.390 e. The zero-order valence-electron chi connectivity index (χ0n) is 9.63. The Balaban J connectivity index is 1.86. The molecule has 14 heavy (non-hydrogen) atoms. The minimum absolute atomic E-state index is 0.255. The topological polar surface area (TPSA) is 20.2 Å². The summed E-state index contributed by atoms with van der Waals surface area (Å²) in [7, 11) is 0. The van der Waals surface area contributed by atoms with Crippen LogP contribution in [0.5, 0.6) is 0 Å². The van der Waals surface area contributed by atoms with Crippen LogP contribution in [0.4, 0.5) is 0 Å². The average molecular weight is 196 g/mol. The van der Waals surface area contributed by atoms with Gasteiger partial charge in [-0.05, 0) is 43.4 Å². The third kappa shape index (κ3) is 1.84. The van der Waals surface area contributed by atoms with Crippen molar-refractivity contribution in [1.82, 2.24) is 0 Å². The van der Waals surface area contributed by atoms with E-state index in [0.717, 1.165) is 24.7 Å². The summed E-state index contributed by atoms with van der Waals surface area (Å²) < 4.78 is 0. The second-order valence-corrected chi connectivity index (χ2v) is 5.85. The molecule has 0 spiro atoms. The van der Waals surface area contributed by atoms with Gasteiger partial charge in [0.25, 0.3) is 0 Å². The van der Waals surface area contributed by atoms with E-state index in [0.29, 0.717) is 5.92 Å². The van der Waals surface area contributed by atoms with Crippen molar-refractivity contribution in [3.63, 3.8) is 0 Å². The Morgan fingerprint density at radius 3 is 2.14 bits per heavy atom. The molecule has 2 saturated carbocycles.